The predicted octanol–water partition coefficient (Wildman–Crippen LogP) is 3.95. The molecule has 126 valence electrons. The Labute approximate surface area is 146 Å². The standard InChI is InChI=1S/C16H19Cl2NO3S/c1-13(2)12-9-10-14(13,3)16(15(12,17)18)19(22-16)23(20,21)11-7-5-4-6-8-11/h4-8,12H,9-10H2,1-3H3/t12?,14-,16?,19?/m1/s1. The van der Waals surface area contributed by atoms with Crippen molar-refractivity contribution in [2.75, 3.05) is 0 Å². The summed E-state index contributed by atoms with van der Waals surface area (Å²) in [6, 6.07) is 8.24. The van der Waals surface area contributed by atoms with Gasteiger partial charge in [-0.05, 0) is 34.9 Å². The summed E-state index contributed by atoms with van der Waals surface area (Å²) in [5.74, 6) is -0.0145. The first-order chi connectivity index (χ1) is 10.5. The van der Waals surface area contributed by atoms with E-state index in [1.54, 1.807) is 30.3 Å². The maximum absolute atomic E-state index is 13.0. The summed E-state index contributed by atoms with van der Waals surface area (Å²) in [5.41, 5.74) is -1.84. The average molecular weight is 376 g/mol. The van der Waals surface area contributed by atoms with Gasteiger partial charge in [0.2, 0.25) is 5.72 Å². The highest BCUT2D eigenvalue weighted by Gasteiger charge is 2.92. The topological polar surface area (TPSA) is 49.7 Å². The van der Waals surface area contributed by atoms with Crippen LogP contribution in [0.3, 0.4) is 0 Å². The number of nitrogens with zero attached hydrogens (tertiary/aromatic N) is 1. The molecule has 3 fully saturated rings. The highest BCUT2D eigenvalue weighted by molar-refractivity contribution is 7.89. The molecule has 2 aliphatic carbocycles. The van der Waals surface area contributed by atoms with Crippen LogP contribution in [-0.2, 0) is 14.9 Å². The minimum Gasteiger partial charge on any atom is -0.251 e. The van der Waals surface area contributed by atoms with Crippen LogP contribution in [0.25, 0.3) is 0 Å². The number of benzene rings is 1. The number of hydrogen-bond donors (Lipinski definition) is 0. The third-order valence-electron chi connectivity index (χ3n) is 6.56. The van der Waals surface area contributed by atoms with Crippen molar-refractivity contribution in [1.29, 1.82) is 0 Å². The first-order valence-electron chi connectivity index (χ1n) is 7.71. The molecular weight excluding hydrogens is 357 g/mol. The number of alkyl halides is 2. The summed E-state index contributed by atoms with van der Waals surface area (Å²) in [5, 5.41) is 0. The van der Waals surface area contributed by atoms with E-state index in [0.29, 0.717) is 0 Å². The van der Waals surface area contributed by atoms with Crippen molar-refractivity contribution < 1.29 is 13.3 Å². The van der Waals surface area contributed by atoms with Crippen LogP contribution in [0, 0.1) is 16.7 Å². The van der Waals surface area contributed by atoms with Gasteiger partial charge in [0.05, 0.1) is 4.90 Å². The molecule has 0 radical (unpaired) electrons. The summed E-state index contributed by atoms with van der Waals surface area (Å²) < 4.78 is 25.7. The van der Waals surface area contributed by atoms with E-state index in [4.69, 9.17) is 28.0 Å². The number of rotatable bonds is 2. The Morgan fingerprint density at radius 2 is 1.78 bits per heavy atom. The van der Waals surface area contributed by atoms with Gasteiger partial charge in [-0.1, -0.05) is 62.2 Å². The van der Waals surface area contributed by atoms with E-state index in [-0.39, 0.29) is 16.2 Å². The minimum atomic E-state index is -3.80. The van der Waals surface area contributed by atoms with E-state index < -0.39 is 25.5 Å². The van der Waals surface area contributed by atoms with Crippen molar-refractivity contribution in [3.63, 3.8) is 0 Å². The Balaban J connectivity index is 1.84. The average Bonchev–Trinajstić information content (AvgIpc) is 3.18. The van der Waals surface area contributed by atoms with Crippen LogP contribution in [0.4, 0.5) is 0 Å². The van der Waals surface area contributed by atoms with Crippen LogP contribution < -0.4 is 0 Å². The lowest BCUT2D eigenvalue weighted by Gasteiger charge is -2.37. The van der Waals surface area contributed by atoms with Crippen molar-refractivity contribution in [2.24, 2.45) is 16.7 Å². The molecule has 1 aliphatic heterocycles. The Morgan fingerprint density at radius 3 is 2.30 bits per heavy atom. The van der Waals surface area contributed by atoms with Gasteiger partial charge < -0.3 is 0 Å². The molecule has 4 atom stereocenters. The van der Waals surface area contributed by atoms with Crippen LogP contribution in [0.2, 0.25) is 0 Å². The third-order valence-corrected chi connectivity index (χ3v) is 9.24. The second kappa shape index (κ2) is 4.25. The Kier molecular flexibility index (Phi) is 2.99. The highest BCUT2D eigenvalue weighted by atomic mass is 35.5. The largest absolute Gasteiger partial charge is 0.268 e. The molecule has 0 aromatic heterocycles. The lowest BCUT2D eigenvalue weighted by atomic mass is 9.68. The molecule has 1 heterocycles. The molecular formula is C16H19Cl2NO3S. The van der Waals surface area contributed by atoms with E-state index >= 15 is 0 Å². The van der Waals surface area contributed by atoms with Crippen molar-refractivity contribution in [3.8, 4) is 0 Å². The van der Waals surface area contributed by atoms with E-state index in [0.717, 1.165) is 17.3 Å². The second-order valence-corrected chi connectivity index (χ2v) is 10.7. The summed E-state index contributed by atoms with van der Waals surface area (Å²) in [6.45, 7) is 6.25. The van der Waals surface area contributed by atoms with Crippen molar-refractivity contribution >= 4 is 33.2 Å². The van der Waals surface area contributed by atoms with Gasteiger partial charge >= 0.3 is 0 Å². The summed E-state index contributed by atoms with van der Waals surface area (Å²) in [7, 11) is -3.80. The van der Waals surface area contributed by atoms with Gasteiger partial charge in [-0.3, -0.25) is 4.84 Å². The smallest absolute Gasteiger partial charge is 0.251 e. The zero-order valence-electron chi connectivity index (χ0n) is 13.2. The second-order valence-electron chi connectivity index (χ2n) is 7.55. The molecule has 1 spiro atoms. The van der Waals surface area contributed by atoms with E-state index in [2.05, 4.69) is 13.8 Å². The van der Waals surface area contributed by atoms with Crippen LogP contribution in [-0.4, -0.2) is 22.9 Å². The quantitative estimate of drug-likeness (QED) is 0.580. The monoisotopic (exact) mass is 375 g/mol. The number of halogens is 2. The minimum absolute atomic E-state index is 0.0145. The van der Waals surface area contributed by atoms with Gasteiger partial charge in [-0.25, -0.2) is 8.42 Å². The number of fused-ring (bicyclic) bond motifs is 3. The summed E-state index contributed by atoms with van der Waals surface area (Å²) >= 11 is 13.4. The number of sulfonamides is 1. The van der Waals surface area contributed by atoms with Crippen molar-refractivity contribution in [2.45, 2.75) is 48.6 Å². The number of hydroxylamine groups is 1. The normalized spacial score (nSPS) is 43.0. The van der Waals surface area contributed by atoms with Crippen LogP contribution in [0.15, 0.2) is 35.2 Å². The third kappa shape index (κ3) is 1.54. The van der Waals surface area contributed by atoms with Crippen molar-refractivity contribution in [3.05, 3.63) is 30.3 Å². The molecule has 0 N–H and O–H groups in total. The number of hydrogen-bond acceptors (Lipinski definition) is 3. The lowest BCUT2D eigenvalue weighted by molar-refractivity contribution is 0.0680. The van der Waals surface area contributed by atoms with E-state index in [1.165, 1.54) is 0 Å². The zero-order chi connectivity index (χ0) is 16.9. The molecule has 3 unspecified atom stereocenters. The molecule has 4 rings (SSSR count). The first-order valence-corrected chi connectivity index (χ1v) is 9.90. The molecule has 4 nitrogen and oxygen atoms in total. The first kappa shape index (κ1) is 16.2. The molecule has 3 aliphatic rings. The van der Waals surface area contributed by atoms with Gasteiger partial charge in [0.25, 0.3) is 10.0 Å². The molecule has 1 aromatic carbocycles. The molecule has 23 heavy (non-hydrogen) atoms. The van der Waals surface area contributed by atoms with Gasteiger partial charge in [0.15, 0.2) is 4.33 Å². The SMILES string of the molecule is CC1(C)C2CC[C@@]1(C)C1(ON1S(=O)(=O)c1ccccc1)C2(Cl)Cl. The lowest BCUT2D eigenvalue weighted by Crippen LogP contribution is -2.50. The predicted molar refractivity (Wildman–Crippen MR) is 88.3 cm³/mol. The molecule has 0 amide bonds. The zero-order valence-corrected chi connectivity index (χ0v) is 15.5. The molecule has 2 bridgehead atoms. The van der Waals surface area contributed by atoms with Crippen LogP contribution in [0.5, 0.6) is 0 Å². The molecule has 1 aromatic rings. The van der Waals surface area contributed by atoms with Crippen molar-refractivity contribution in [1.82, 2.24) is 4.47 Å². The summed E-state index contributed by atoms with van der Waals surface area (Å²) in [6.07, 6.45) is 1.72. The maximum atomic E-state index is 13.0. The van der Waals surface area contributed by atoms with Gasteiger partial charge in [-0.2, -0.15) is 0 Å². The Hall–Kier alpha value is -0.330. The fourth-order valence-corrected chi connectivity index (χ4v) is 7.92. The van der Waals surface area contributed by atoms with Crippen LogP contribution in [0.1, 0.15) is 33.6 Å². The summed E-state index contributed by atoms with van der Waals surface area (Å²) in [4.78, 5) is 5.94. The van der Waals surface area contributed by atoms with Gasteiger partial charge in [-0.15, -0.1) is 0 Å². The van der Waals surface area contributed by atoms with E-state index in [1.807, 2.05) is 6.92 Å². The fourth-order valence-electron chi connectivity index (χ4n) is 4.84. The van der Waals surface area contributed by atoms with Gasteiger partial charge in [0.1, 0.15) is 0 Å². The Morgan fingerprint density at radius 1 is 1.17 bits per heavy atom. The Bertz CT molecular complexity index is 780. The molecule has 1 saturated heterocycles. The fraction of sp³-hybridized carbons (Fsp3) is 0.625. The molecule has 7 heteroatoms. The van der Waals surface area contributed by atoms with Crippen LogP contribution >= 0.6 is 23.2 Å². The van der Waals surface area contributed by atoms with E-state index in [9.17, 15) is 8.42 Å². The van der Waals surface area contributed by atoms with Gasteiger partial charge in [0, 0.05) is 11.3 Å². The molecule has 2 saturated carbocycles. The highest BCUT2D eigenvalue weighted by Crippen LogP contribution is 2.82. The maximum Gasteiger partial charge on any atom is 0.268 e.